The van der Waals surface area contributed by atoms with Crippen LogP contribution in [0.2, 0.25) is 5.02 Å². The Morgan fingerprint density at radius 3 is 2.95 bits per heavy atom. The number of amides is 1. The first-order valence-corrected chi connectivity index (χ1v) is 7.36. The molecule has 1 heterocycles. The number of para-hydroxylation sites is 1. The van der Waals surface area contributed by atoms with Crippen molar-refractivity contribution in [1.82, 2.24) is 10.3 Å². The molecule has 2 aromatic rings. The zero-order valence-corrected chi connectivity index (χ0v) is 12.2. The Bertz CT molecular complexity index is 652. The van der Waals surface area contributed by atoms with Gasteiger partial charge in [0.05, 0.1) is 10.5 Å². The minimum Gasteiger partial charge on any atom is -0.350 e. The SMILES string of the molecule is CC(CNC(=O)c1cc(Cl)c2ccccc2n1)C1CC1. The molecule has 1 saturated carbocycles. The van der Waals surface area contributed by atoms with Gasteiger partial charge in [0.1, 0.15) is 5.69 Å². The van der Waals surface area contributed by atoms with Gasteiger partial charge in [-0.05, 0) is 36.8 Å². The molecule has 1 amide bonds. The largest absolute Gasteiger partial charge is 0.350 e. The van der Waals surface area contributed by atoms with Gasteiger partial charge in [0.25, 0.3) is 5.91 Å². The molecule has 1 N–H and O–H groups in total. The highest BCUT2D eigenvalue weighted by molar-refractivity contribution is 6.35. The van der Waals surface area contributed by atoms with Crippen molar-refractivity contribution < 1.29 is 4.79 Å². The van der Waals surface area contributed by atoms with Crippen LogP contribution >= 0.6 is 11.6 Å². The van der Waals surface area contributed by atoms with Crippen LogP contribution in [0, 0.1) is 11.8 Å². The van der Waals surface area contributed by atoms with E-state index in [4.69, 9.17) is 11.6 Å². The summed E-state index contributed by atoms with van der Waals surface area (Å²) in [5.41, 5.74) is 1.14. The minimum atomic E-state index is -0.148. The van der Waals surface area contributed by atoms with E-state index in [1.54, 1.807) is 6.07 Å². The number of carbonyl (C=O) groups excluding carboxylic acids is 1. The molecular weight excluding hydrogens is 272 g/mol. The molecule has 3 rings (SSSR count). The quantitative estimate of drug-likeness (QED) is 0.933. The fourth-order valence-corrected chi connectivity index (χ4v) is 2.69. The van der Waals surface area contributed by atoms with Gasteiger partial charge in [0.2, 0.25) is 0 Å². The molecule has 104 valence electrons. The summed E-state index contributed by atoms with van der Waals surface area (Å²) in [6, 6.07) is 9.21. The topological polar surface area (TPSA) is 42.0 Å². The number of pyridine rings is 1. The van der Waals surface area contributed by atoms with E-state index in [0.717, 1.165) is 16.8 Å². The van der Waals surface area contributed by atoms with Crippen LogP contribution in [-0.2, 0) is 0 Å². The average Bonchev–Trinajstić information content (AvgIpc) is 3.29. The Kier molecular flexibility index (Phi) is 3.62. The Morgan fingerprint density at radius 2 is 2.20 bits per heavy atom. The van der Waals surface area contributed by atoms with Gasteiger partial charge in [-0.15, -0.1) is 0 Å². The highest BCUT2D eigenvalue weighted by Crippen LogP contribution is 2.36. The summed E-state index contributed by atoms with van der Waals surface area (Å²) in [4.78, 5) is 16.5. The summed E-state index contributed by atoms with van der Waals surface area (Å²) >= 11 is 6.21. The third kappa shape index (κ3) is 2.78. The number of carbonyl (C=O) groups is 1. The number of aromatic nitrogens is 1. The molecule has 0 bridgehead atoms. The number of halogens is 1. The molecule has 0 aliphatic heterocycles. The Labute approximate surface area is 123 Å². The number of rotatable bonds is 4. The summed E-state index contributed by atoms with van der Waals surface area (Å²) < 4.78 is 0. The smallest absolute Gasteiger partial charge is 0.269 e. The minimum absolute atomic E-state index is 0.148. The van der Waals surface area contributed by atoms with E-state index in [1.807, 2.05) is 24.3 Å². The van der Waals surface area contributed by atoms with Gasteiger partial charge in [0.15, 0.2) is 0 Å². The number of fused-ring (bicyclic) bond motifs is 1. The monoisotopic (exact) mass is 288 g/mol. The molecule has 20 heavy (non-hydrogen) atoms. The Balaban J connectivity index is 1.77. The molecule has 1 fully saturated rings. The van der Waals surface area contributed by atoms with Crippen LogP contribution in [0.3, 0.4) is 0 Å². The van der Waals surface area contributed by atoms with E-state index in [2.05, 4.69) is 17.2 Å². The molecule has 0 spiro atoms. The number of hydrogen-bond acceptors (Lipinski definition) is 2. The lowest BCUT2D eigenvalue weighted by atomic mass is 10.1. The fraction of sp³-hybridized carbons (Fsp3) is 0.375. The van der Waals surface area contributed by atoms with Crippen molar-refractivity contribution in [3.8, 4) is 0 Å². The first-order chi connectivity index (χ1) is 9.65. The number of nitrogens with zero attached hydrogens (tertiary/aromatic N) is 1. The number of nitrogens with one attached hydrogen (secondary N) is 1. The standard InChI is InChI=1S/C16H17ClN2O/c1-10(11-6-7-11)9-18-16(20)15-8-13(17)12-4-2-3-5-14(12)19-15/h2-5,8,10-11H,6-7,9H2,1H3,(H,18,20). The molecular formula is C16H17ClN2O. The van der Waals surface area contributed by atoms with Crippen molar-refractivity contribution in [2.24, 2.45) is 11.8 Å². The molecule has 1 aliphatic rings. The van der Waals surface area contributed by atoms with E-state index in [1.165, 1.54) is 12.8 Å². The Morgan fingerprint density at radius 1 is 1.45 bits per heavy atom. The highest BCUT2D eigenvalue weighted by atomic mass is 35.5. The fourth-order valence-electron chi connectivity index (χ4n) is 2.43. The second-order valence-corrected chi connectivity index (χ2v) is 5.94. The van der Waals surface area contributed by atoms with Gasteiger partial charge >= 0.3 is 0 Å². The Hall–Kier alpha value is -1.61. The van der Waals surface area contributed by atoms with Gasteiger partial charge in [-0.1, -0.05) is 36.7 Å². The lowest BCUT2D eigenvalue weighted by molar-refractivity contribution is 0.0942. The van der Waals surface area contributed by atoms with Crippen LogP contribution < -0.4 is 5.32 Å². The zero-order chi connectivity index (χ0) is 14.1. The van der Waals surface area contributed by atoms with Gasteiger partial charge < -0.3 is 5.32 Å². The van der Waals surface area contributed by atoms with Gasteiger partial charge in [-0.2, -0.15) is 0 Å². The van der Waals surface area contributed by atoms with Crippen LogP contribution in [0.25, 0.3) is 10.9 Å². The molecule has 3 nitrogen and oxygen atoms in total. The normalized spacial score (nSPS) is 16.1. The maximum atomic E-state index is 12.2. The van der Waals surface area contributed by atoms with Crippen LogP contribution in [0.1, 0.15) is 30.3 Å². The van der Waals surface area contributed by atoms with E-state index < -0.39 is 0 Å². The van der Waals surface area contributed by atoms with Crippen LogP contribution in [0.5, 0.6) is 0 Å². The van der Waals surface area contributed by atoms with E-state index in [9.17, 15) is 4.79 Å². The summed E-state index contributed by atoms with van der Waals surface area (Å²) in [5.74, 6) is 1.17. The summed E-state index contributed by atoms with van der Waals surface area (Å²) in [5, 5.41) is 4.39. The predicted molar refractivity (Wildman–Crippen MR) is 81.0 cm³/mol. The molecule has 1 unspecified atom stereocenters. The van der Waals surface area contributed by atoms with Crippen molar-refractivity contribution >= 4 is 28.4 Å². The van der Waals surface area contributed by atoms with E-state index in [0.29, 0.717) is 23.2 Å². The van der Waals surface area contributed by atoms with Gasteiger partial charge in [0, 0.05) is 11.9 Å². The lowest BCUT2D eigenvalue weighted by Gasteiger charge is -2.11. The van der Waals surface area contributed by atoms with Crippen molar-refractivity contribution in [2.75, 3.05) is 6.54 Å². The third-order valence-corrected chi connectivity index (χ3v) is 4.22. The van der Waals surface area contributed by atoms with Crippen LogP contribution in [-0.4, -0.2) is 17.4 Å². The van der Waals surface area contributed by atoms with Crippen molar-refractivity contribution in [2.45, 2.75) is 19.8 Å². The van der Waals surface area contributed by atoms with E-state index >= 15 is 0 Å². The average molecular weight is 289 g/mol. The molecule has 1 aliphatic carbocycles. The van der Waals surface area contributed by atoms with Gasteiger partial charge in [-0.3, -0.25) is 4.79 Å². The van der Waals surface area contributed by atoms with Crippen molar-refractivity contribution in [3.05, 3.63) is 41.0 Å². The molecule has 1 aromatic heterocycles. The molecule has 1 atom stereocenters. The molecule has 4 heteroatoms. The summed E-state index contributed by atoms with van der Waals surface area (Å²) in [6.07, 6.45) is 2.58. The maximum absolute atomic E-state index is 12.2. The van der Waals surface area contributed by atoms with Crippen molar-refractivity contribution in [1.29, 1.82) is 0 Å². The number of hydrogen-bond donors (Lipinski definition) is 1. The summed E-state index contributed by atoms with van der Waals surface area (Å²) in [7, 11) is 0. The van der Waals surface area contributed by atoms with E-state index in [-0.39, 0.29) is 5.91 Å². The second kappa shape index (κ2) is 5.41. The molecule has 0 radical (unpaired) electrons. The first-order valence-electron chi connectivity index (χ1n) is 6.98. The maximum Gasteiger partial charge on any atom is 0.269 e. The highest BCUT2D eigenvalue weighted by Gasteiger charge is 2.28. The predicted octanol–water partition coefficient (Wildman–Crippen LogP) is 3.66. The number of benzene rings is 1. The molecule has 1 aromatic carbocycles. The van der Waals surface area contributed by atoms with Gasteiger partial charge in [-0.25, -0.2) is 4.98 Å². The van der Waals surface area contributed by atoms with Crippen LogP contribution in [0.15, 0.2) is 30.3 Å². The second-order valence-electron chi connectivity index (χ2n) is 5.53. The third-order valence-electron chi connectivity index (χ3n) is 3.91. The summed E-state index contributed by atoms with van der Waals surface area (Å²) in [6.45, 7) is 2.88. The van der Waals surface area contributed by atoms with Crippen molar-refractivity contribution in [3.63, 3.8) is 0 Å². The lowest BCUT2D eigenvalue weighted by Crippen LogP contribution is -2.29. The molecule has 0 saturated heterocycles. The first kappa shape index (κ1) is 13.4. The zero-order valence-electron chi connectivity index (χ0n) is 11.4. The van der Waals surface area contributed by atoms with Crippen LogP contribution in [0.4, 0.5) is 0 Å².